The number of aryl methyl sites for hydroxylation is 1. The normalized spacial score (nSPS) is 18.0. The number of carbonyl (C=O) groups is 2. The summed E-state index contributed by atoms with van der Waals surface area (Å²) in [4.78, 5) is 28.1. The highest BCUT2D eigenvalue weighted by atomic mass is 35.5. The van der Waals surface area contributed by atoms with E-state index in [-0.39, 0.29) is 42.2 Å². The number of halogens is 1. The van der Waals surface area contributed by atoms with Crippen molar-refractivity contribution in [2.24, 2.45) is 11.7 Å². The summed E-state index contributed by atoms with van der Waals surface area (Å²) < 4.78 is 0. The maximum Gasteiger partial charge on any atom is 0.261 e. The van der Waals surface area contributed by atoms with Crippen molar-refractivity contribution in [1.29, 1.82) is 0 Å². The van der Waals surface area contributed by atoms with Crippen LogP contribution in [0, 0.1) is 12.8 Å². The average molecular weight is 360 g/mol. The number of likely N-dealkylation sites (tertiary alicyclic amines) is 1. The highest BCUT2D eigenvalue weighted by Crippen LogP contribution is 2.18. The standard InChI is InChI=1S/C16H25N3O2S.ClH/c1-10-4-5-14(22-10)15(20)18-13-6-8-19(9-7-13)16(21)11(2)12(3)17;/h4-5,11-13H,6-9,17H2,1-3H3,(H,18,20);1H. The van der Waals surface area contributed by atoms with Crippen LogP contribution in [0.1, 0.15) is 41.2 Å². The molecular formula is C16H26ClN3O2S. The lowest BCUT2D eigenvalue weighted by atomic mass is 9.99. The zero-order valence-electron chi connectivity index (χ0n) is 13.9. The summed E-state index contributed by atoms with van der Waals surface area (Å²) in [5.41, 5.74) is 5.80. The molecule has 2 amide bonds. The van der Waals surface area contributed by atoms with Gasteiger partial charge in [-0.15, -0.1) is 23.7 Å². The predicted octanol–water partition coefficient (Wildman–Crippen LogP) is 2.18. The molecule has 0 bridgehead atoms. The summed E-state index contributed by atoms with van der Waals surface area (Å²) in [6.45, 7) is 7.10. The summed E-state index contributed by atoms with van der Waals surface area (Å²) in [5, 5.41) is 3.07. The number of piperidine rings is 1. The van der Waals surface area contributed by atoms with Crippen molar-refractivity contribution in [1.82, 2.24) is 10.2 Å². The smallest absolute Gasteiger partial charge is 0.261 e. The van der Waals surface area contributed by atoms with Crippen molar-refractivity contribution in [3.05, 3.63) is 21.9 Å². The molecule has 1 aromatic heterocycles. The topological polar surface area (TPSA) is 75.4 Å². The lowest BCUT2D eigenvalue weighted by Gasteiger charge is -2.34. The lowest BCUT2D eigenvalue weighted by molar-refractivity contribution is -0.136. The van der Waals surface area contributed by atoms with Gasteiger partial charge in [0.05, 0.1) is 10.8 Å². The molecule has 1 aliphatic rings. The number of hydrogen-bond acceptors (Lipinski definition) is 4. The summed E-state index contributed by atoms with van der Waals surface area (Å²) in [6, 6.07) is 3.82. The molecule has 3 N–H and O–H groups in total. The molecule has 1 aromatic rings. The van der Waals surface area contributed by atoms with Gasteiger partial charge in [-0.05, 0) is 38.8 Å². The molecular weight excluding hydrogens is 334 g/mol. The molecule has 1 fully saturated rings. The van der Waals surface area contributed by atoms with Crippen LogP contribution in [0.25, 0.3) is 0 Å². The van der Waals surface area contributed by atoms with Crippen molar-refractivity contribution in [3.8, 4) is 0 Å². The van der Waals surface area contributed by atoms with Crippen LogP contribution in [0.4, 0.5) is 0 Å². The van der Waals surface area contributed by atoms with E-state index in [0.29, 0.717) is 13.1 Å². The summed E-state index contributed by atoms with van der Waals surface area (Å²) in [7, 11) is 0. The Morgan fingerprint density at radius 3 is 2.39 bits per heavy atom. The van der Waals surface area contributed by atoms with E-state index in [1.807, 2.05) is 37.8 Å². The third-order valence-electron chi connectivity index (χ3n) is 4.28. The molecule has 2 unspecified atom stereocenters. The Hall–Kier alpha value is -1.11. The fraction of sp³-hybridized carbons (Fsp3) is 0.625. The molecule has 2 rings (SSSR count). The number of amides is 2. The highest BCUT2D eigenvalue weighted by Gasteiger charge is 2.28. The number of thiophene rings is 1. The second kappa shape index (κ2) is 8.66. The Bertz CT molecular complexity index is 539. The van der Waals surface area contributed by atoms with Gasteiger partial charge in [0.25, 0.3) is 5.91 Å². The first-order chi connectivity index (χ1) is 10.4. The van der Waals surface area contributed by atoms with Crippen molar-refractivity contribution in [2.45, 2.75) is 45.7 Å². The van der Waals surface area contributed by atoms with Crippen molar-refractivity contribution in [3.63, 3.8) is 0 Å². The molecule has 130 valence electrons. The zero-order chi connectivity index (χ0) is 16.3. The lowest BCUT2D eigenvalue weighted by Crippen LogP contribution is -2.49. The third-order valence-corrected chi connectivity index (χ3v) is 5.28. The van der Waals surface area contributed by atoms with Gasteiger partial charge in [0.1, 0.15) is 0 Å². The van der Waals surface area contributed by atoms with E-state index < -0.39 is 0 Å². The van der Waals surface area contributed by atoms with Gasteiger partial charge in [0.15, 0.2) is 0 Å². The molecule has 7 heteroatoms. The second-order valence-corrected chi connectivity index (χ2v) is 7.42. The molecule has 2 atom stereocenters. The SMILES string of the molecule is Cc1ccc(C(=O)NC2CCN(C(=O)C(C)C(C)N)CC2)s1.Cl. The van der Waals surface area contributed by atoms with Crippen molar-refractivity contribution >= 4 is 35.6 Å². The van der Waals surface area contributed by atoms with Gasteiger partial charge in [-0.2, -0.15) is 0 Å². The molecule has 0 radical (unpaired) electrons. The minimum atomic E-state index is -0.153. The van der Waals surface area contributed by atoms with E-state index in [1.165, 1.54) is 11.3 Å². The van der Waals surface area contributed by atoms with Crippen LogP contribution in [0.3, 0.4) is 0 Å². The average Bonchev–Trinajstić information content (AvgIpc) is 2.93. The van der Waals surface area contributed by atoms with E-state index >= 15 is 0 Å². The van der Waals surface area contributed by atoms with E-state index in [0.717, 1.165) is 22.6 Å². The van der Waals surface area contributed by atoms with Crippen LogP contribution < -0.4 is 11.1 Å². The van der Waals surface area contributed by atoms with Gasteiger partial charge >= 0.3 is 0 Å². The third kappa shape index (κ3) is 5.19. The molecule has 2 heterocycles. The fourth-order valence-corrected chi connectivity index (χ4v) is 3.34. The van der Waals surface area contributed by atoms with E-state index in [1.54, 1.807) is 0 Å². The Balaban J connectivity index is 0.00000264. The number of nitrogens with zero attached hydrogens (tertiary/aromatic N) is 1. The molecule has 23 heavy (non-hydrogen) atoms. The predicted molar refractivity (Wildman–Crippen MR) is 96.2 cm³/mol. The van der Waals surface area contributed by atoms with Gasteiger partial charge in [-0.1, -0.05) is 6.92 Å². The number of carbonyl (C=O) groups excluding carboxylic acids is 2. The summed E-state index contributed by atoms with van der Waals surface area (Å²) in [6.07, 6.45) is 1.60. The molecule has 0 aliphatic carbocycles. The molecule has 0 spiro atoms. The highest BCUT2D eigenvalue weighted by molar-refractivity contribution is 7.13. The maximum atomic E-state index is 12.3. The van der Waals surface area contributed by atoms with Crippen LogP contribution in [-0.2, 0) is 4.79 Å². The largest absolute Gasteiger partial charge is 0.348 e. The summed E-state index contributed by atoms with van der Waals surface area (Å²) >= 11 is 1.51. The fourth-order valence-electron chi connectivity index (χ4n) is 2.57. The number of rotatable bonds is 4. The number of nitrogens with two attached hydrogens (primary N) is 1. The first kappa shape index (κ1) is 19.9. The van der Waals surface area contributed by atoms with Gasteiger partial charge in [-0.25, -0.2) is 0 Å². The first-order valence-corrected chi connectivity index (χ1v) is 8.61. The Morgan fingerprint density at radius 1 is 1.30 bits per heavy atom. The minimum Gasteiger partial charge on any atom is -0.348 e. The van der Waals surface area contributed by atoms with Crippen LogP contribution in [-0.4, -0.2) is 41.9 Å². The molecule has 0 aromatic carbocycles. The van der Waals surface area contributed by atoms with Gasteiger partial charge in [-0.3, -0.25) is 9.59 Å². The van der Waals surface area contributed by atoms with Gasteiger partial charge in [0.2, 0.25) is 5.91 Å². The van der Waals surface area contributed by atoms with Gasteiger partial charge < -0.3 is 16.0 Å². The van der Waals surface area contributed by atoms with Crippen molar-refractivity contribution < 1.29 is 9.59 Å². The second-order valence-electron chi connectivity index (χ2n) is 6.13. The van der Waals surface area contributed by atoms with E-state index in [9.17, 15) is 9.59 Å². The van der Waals surface area contributed by atoms with E-state index in [2.05, 4.69) is 5.32 Å². The quantitative estimate of drug-likeness (QED) is 0.865. The number of nitrogens with one attached hydrogen (secondary N) is 1. The van der Waals surface area contributed by atoms with Crippen LogP contribution in [0.2, 0.25) is 0 Å². The van der Waals surface area contributed by atoms with Crippen LogP contribution in [0.15, 0.2) is 12.1 Å². The maximum absolute atomic E-state index is 12.3. The molecule has 5 nitrogen and oxygen atoms in total. The van der Waals surface area contributed by atoms with Crippen LogP contribution in [0.5, 0.6) is 0 Å². The van der Waals surface area contributed by atoms with Crippen molar-refractivity contribution in [2.75, 3.05) is 13.1 Å². The first-order valence-electron chi connectivity index (χ1n) is 7.80. The van der Waals surface area contributed by atoms with E-state index in [4.69, 9.17) is 5.73 Å². The molecule has 1 aliphatic heterocycles. The zero-order valence-corrected chi connectivity index (χ0v) is 15.5. The van der Waals surface area contributed by atoms with Crippen LogP contribution >= 0.6 is 23.7 Å². The minimum absolute atomic E-state index is 0. The molecule has 0 saturated carbocycles. The monoisotopic (exact) mass is 359 g/mol. The Labute approximate surface area is 148 Å². The summed E-state index contributed by atoms with van der Waals surface area (Å²) in [5.74, 6) is -0.0410. The Morgan fingerprint density at radius 2 is 1.91 bits per heavy atom. The Kier molecular flexibility index (Phi) is 7.51. The number of hydrogen-bond donors (Lipinski definition) is 2. The molecule has 1 saturated heterocycles. The van der Waals surface area contributed by atoms with Gasteiger partial charge in [0, 0.05) is 30.1 Å².